The zero-order chi connectivity index (χ0) is 29.0. The molecule has 0 spiro atoms. The number of ether oxygens (including phenoxy) is 4. The fourth-order valence-corrected chi connectivity index (χ4v) is 4.75. The number of morpholine rings is 1. The van der Waals surface area contributed by atoms with Crippen LogP contribution >= 0.6 is 0 Å². The van der Waals surface area contributed by atoms with Crippen molar-refractivity contribution in [3.05, 3.63) is 58.9 Å². The summed E-state index contributed by atoms with van der Waals surface area (Å²) in [6.07, 6.45) is 0.948. The van der Waals surface area contributed by atoms with Crippen LogP contribution in [0.2, 0.25) is 0 Å². The number of esters is 2. The summed E-state index contributed by atoms with van der Waals surface area (Å²) in [7, 11) is 1.29. The van der Waals surface area contributed by atoms with Crippen molar-refractivity contribution in [3.63, 3.8) is 0 Å². The number of halogens is 2. The van der Waals surface area contributed by atoms with Gasteiger partial charge in [-0.05, 0) is 56.2 Å². The highest BCUT2D eigenvalue weighted by Gasteiger charge is 2.34. The largest absolute Gasteiger partial charge is 0.465 e. The molecule has 12 heteroatoms. The summed E-state index contributed by atoms with van der Waals surface area (Å²) in [6, 6.07) is 5.46. The van der Waals surface area contributed by atoms with Crippen LogP contribution < -0.4 is 0 Å². The number of methoxy groups -OCH3 is 1. The van der Waals surface area contributed by atoms with Crippen molar-refractivity contribution in [1.82, 2.24) is 14.3 Å². The van der Waals surface area contributed by atoms with Crippen molar-refractivity contribution in [2.75, 3.05) is 40.0 Å². The van der Waals surface area contributed by atoms with Crippen LogP contribution in [-0.4, -0.2) is 78.4 Å². The molecule has 1 fully saturated rings. The lowest BCUT2D eigenvalue weighted by Crippen LogP contribution is -2.46. The molecular weight excluding hydrogens is 528 g/mol. The van der Waals surface area contributed by atoms with Crippen LogP contribution in [0, 0.1) is 18.6 Å². The van der Waals surface area contributed by atoms with Gasteiger partial charge < -0.3 is 28.2 Å². The molecule has 3 aromatic rings. The second kappa shape index (κ2) is 12.4. The molecule has 4 rings (SSSR count). The first-order chi connectivity index (χ1) is 19.2. The van der Waals surface area contributed by atoms with Crippen LogP contribution in [0.3, 0.4) is 0 Å². The van der Waals surface area contributed by atoms with Gasteiger partial charge in [-0.3, -0.25) is 9.59 Å². The third-order valence-electron chi connectivity index (χ3n) is 6.55. The lowest BCUT2D eigenvalue weighted by Gasteiger charge is -2.32. The summed E-state index contributed by atoms with van der Waals surface area (Å²) in [4.78, 5) is 43.2. The molecule has 1 aliphatic rings. The fraction of sp³-hybridized carbons (Fsp3) is 0.429. The molecule has 2 aromatic heterocycles. The van der Waals surface area contributed by atoms with Crippen LogP contribution in [0.15, 0.2) is 30.5 Å². The minimum atomic E-state index is -1.65. The molecule has 0 N–H and O–H groups in total. The minimum absolute atomic E-state index is 0.0293. The van der Waals surface area contributed by atoms with E-state index in [9.17, 15) is 14.4 Å². The molecule has 3 heterocycles. The second-order valence-corrected chi connectivity index (χ2v) is 9.25. The Morgan fingerprint density at radius 3 is 2.35 bits per heavy atom. The van der Waals surface area contributed by atoms with E-state index in [-0.39, 0.29) is 44.0 Å². The van der Waals surface area contributed by atoms with E-state index < -0.39 is 47.3 Å². The van der Waals surface area contributed by atoms with E-state index in [4.69, 9.17) is 18.9 Å². The number of carbonyl (C=O) groups excluding carboxylic acids is 3. The van der Waals surface area contributed by atoms with Gasteiger partial charge in [-0.15, -0.1) is 0 Å². The van der Waals surface area contributed by atoms with Gasteiger partial charge in [0.1, 0.15) is 17.3 Å². The number of carbonyl (C=O) groups is 3. The van der Waals surface area contributed by atoms with Gasteiger partial charge in [0, 0.05) is 19.2 Å². The Morgan fingerprint density at radius 1 is 1.10 bits per heavy atom. The van der Waals surface area contributed by atoms with Gasteiger partial charge >= 0.3 is 18.0 Å². The molecule has 1 amide bonds. The van der Waals surface area contributed by atoms with E-state index in [1.807, 2.05) is 13.0 Å². The monoisotopic (exact) mass is 559 g/mol. The summed E-state index contributed by atoms with van der Waals surface area (Å²) in [5.74, 6) is -5.63. The Hall–Kier alpha value is -4.06. The average Bonchev–Trinajstić information content (AvgIpc) is 3.24. The lowest BCUT2D eigenvalue weighted by molar-refractivity contribution is -0.156. The average molecular weight is 560 g/mol. The first kappa shape index (κ1) is 28.9. The summed E-state index contributed by atoms with van der Waals surface area (Å²) >= 11 is 0. The number of benzene rings is 1. The minimum Gasteiger partial charge on any atom is -0.465 e. The molecule has 0 saturated carbocycles. The number of amides is 1. The van der Waals surface area contributed by atoms with Crippen molar-refractivity contribution in [3.8, 4) is 11.3 Å². The van der Waals surface area contributed by atoms with Crippen LogP contribution in [0.4, 0.5) is 13.6 Å². The van der Waals surface area contributed by atoms with Gasteiger partial charge in [-0.25, -0.2) is 18.6 Å². The molecule has 0 radical (unpaired) electrons. The fourth-order valence-electron chi connectivity index (χ4n) is 4.75. The number of imidazole rings is 1. The molecular formula is C28H31F2N3O7. The molecule has 214 valence electrons. The Kier molecular flexibility index (Phi) is 8.98. The molecule has 0 aliphatic carbocycles. The first-order valence-corrected chi connectivity index (χ1v) is 12.9. The number of nitrogens with zero attached hydrogens (tertiary/aromatic N) is 3. The third-order valence-corrected chi connectivity index (χ3v) is 6.55. The van der Waals surface area contributed by atoms with Crippen molar-refractivity contribution >= 4 is 23.7 Å². The summed E-state index contributed by atoms with van der Waals surface area (Å²) < 4.78 is 53.8. The number of pyridine rings is 1. The van der Waals surface area contributed by atoms with E-state index in [0.717, 1.165) is 17.7 Å². The van der Waals surface area contributed by atoms with Gasteiger partial charge in [0.15, 0.2) is 5.92 Å². The maximum Gasteiger partial charge on any atom is 0.409 e. The van der Waals surface area contributed by atoms with E-state index >= 15 is 8.78 Å². The van der Waals surface area contributed by atoms with Gasteiger partial charge in [0.05, 0.1) is 56.5 Å². The Bertz CT molecular complexity index is 1380. The number of aryl methyl sites for hydroxylation is 1. The number of rotatable bonds is 8. The van der Waals surface area contributed by atoms with Gasteiger partial charge in [0.25, 0.3) is 0 Å². The summed E-state index contributed by atoms with van der Waals surface area (Å²) in [5, 5.41) is 0. The van der Waals surface area contributed by atoms with E-state index in [1.165, 1.54) is 12.0 Å². The van der Waals surface area contributed by atoms with Crippen molar-refractivity contribution < 1.29 is 42.1 Å². The maximum atomic E-state index is 15.7. The van der Waals surface area contributed by atoms with Crippen LogP contribution in [0.1, 0.15) is 36.6 Å². The normalized spacial score (nSPS) is 15.4. The highest BCUT2D eigenvalue weighted by Crippen LogP contribution is 2.34. The van der Waals surface area contributed by atoms with Crippen molar-refractivity contribution in [2.45, 2.75) is 39.2 Å². The Balaban J connectivity index is 1.79. The zero-order valence-electron chi connectivity index (χ0n) is 22.7. The summed E-state index contributed by atoms with van der Waals surface area (Å²) in [6.45, 7) is 5.76. The molecule has 1 aliphatic heterocycles. The third kappa shape index (κ3) is 5.91. The molecule has 0 bridgehead atoms. The Labute approximate surface area is 229 Å². The maximum absolute atomic E-state index is 15.7. The lowest BCUT2D eigenvalue weighted by atomic mass is 9.95. The van der Waals surface area contributed by atoms with Gasteiger partial charge in [-0.1, -0.05) is 0 Å². The highest BCUT2D eigenvalue weighted by atomic mass is 19.1. The van der Waals surface area contributed by atoms with Crippen LogP contribution in [-0.2, 0) is 35.0 Å². The van der Waals surface area contributed by atoms with E-state index in [2.05, 4.69) is 4.98 Å². The molecule has 10 nitrogen and oxygen atoms in total. The molecule has 40 heavy (non-hydrogen) atoms. The zero-order valence-corrected chi connectivity index (χ0v) is 22.7. The van der Waals surface area contributed by atoms with Gasteiger partial charge in [0.2, 0.25) is 0 Å². The molecule has 1 atom stereocenters. The standard InChI is InChI=1S/C28H31F2N3O7/c1-5-38-26(34)23(27(35)39-6-2)17-12-19(29)24(20(30)13-17)25-21(33-8-7-16(3)11-22(33)31-25)14-18-15-32(9-10-40-18)28(36)37-4/h7-8,11-13,18,23H,5-6,9-10,14-15H2,1-4H3. The number of hydrogen-bond acceptors (Lipinski definition) is 8. The first-order valence-electron chi connectivity index (χ1n) is 12.9. The van der Waals surface area contributed by atoms with Crippen molar-refractivity contribution in [2.24, 2.45) is 0 Å². The van der Waals surface area contributed by atoms with Crippen LogP contribution in [0.5, 0.6) is 0 Å². The Morgan fingerprint density at radius 2 is 1.75 bits per heavy atom. The molecule has 1 aromatic carbocycles. The SMILES string of the molecule is CCOC(=O)C(C(=O)OCC)c1cc(F)c(-c2nc3cc(C)ccn3c2CC2CN(C(=O)OC)CCO2)c(F)c1. The number of hydrogen-bond donors (Lipinski definition) is 0. The molecule has 1 saturated heterocycles. The number of fused-ring (bicyclic) bond motifs is 1. The van der Waals surface area contributed by atoms with Crippen molar-refractivity contribution in [1.29, 1.82) is 0 Å². The predicted molar refractivity (Wildman–Crippen MR) is 139 cm³/mol. The quantitative estimate of drug-likeness (QED) is 0.233. The highest BCUT2D eigenvalue weighted by molar-refractivity contribution is 6.01. The molecule has 1 unspecified atom stereocenters. The summed E-state index contributed by atoms with van der Waals surface area (Å²) in [5.41, 5.74) is 1.20. The topological polar surface area (TPSA) is 109 Å². The van der Waals surface area contributed by atoms with Crippen LogP contribution in [0.25, 0.3) is 16.9 Å². The van der Waals surface area contributed by atoms with E-state index in [0.29, 0.717) is 17.9 Å². The van der Waals surface area contributed by atoms with E-state index in [1.54, 1.807) is 30.5 Å². The smallest absolute Gasteiger partial charge is 0.409 e. The van der Waals surface area contributed by atoms with Gasteiger partial charge in [-0.2, -0.15) is 0 Å². The number of aromatic nitrogens is 2. The predicted octanol–water partition coefficient (Wildman–Crippen LogP) is 3.81. The second-order valence-electron chi connectivity index (χ2n) is 9.25.